The van der Waals surface area contributed by atoms with Gasteiger partial charge in [0.2, 0.25) is 0 Å². The Morgan fingerprint density at radius 2 is 1.94 bits per heavy atom. The maximum atomic E-state index is 14.6. The van der Waals surface area contributed by atoms with Crippen LogP contribution >= 0.6 is 23.5 Å². The first-order valence-corrected chi connectivity index (χ1v) is 12.9. The maximum Gasteiger partial charge on any atom is 0.264 e. The molecule has 1 N–H and O–H groups in total. The van der Waals surface area contributed by atoms with E-state index in [2.05, 4.69) is 15.7 Å². The van der Waals surface area contributed by atoms with Crippen molar-refractivity contribution < 1.29 is 18.7 Å². The fourth-order valence-corrected chi connectivity index (χ4v) is 4.89. The molecule has 1 saturated carbocycles. The molecule has 2 aromatic carbocycles. The summed E-state index contributed by atoms with van der Waals surface area (Å²) in [4.78, 5) is 14.6. The molecule has 0 radical (unpaired) electrons. The molecule has 1 heterocycles. The molecule has 0 aromatic heterocycles. The van der Waals surface area contributed by atoms with Crippen LogP contribution in [0, 0.1) is 11.7 Å². The largest absolute Gasteiger partial charge is 0.495 e. The number of halogens is 2. The average molecular weight is 493 g/mol. The van der Waals surface area contributed by atoms with Gasteiger partial charge in [-0.3, -0.25) is 14.4 Å². The van der Waals surface area contributed by atoms with Crippen LogP contribution < -0.4 is 14.2 Å². The van der Waals surface area contributed by atoms with E-state index in [9.17, 15) is 9.18 Å². The van der Waals surface area contributed by atoms with E-state index in [0.717, 1.165) is 50.9 Å². The van der Waals surface area contributed by atoms with Crippen molar-refractivity contribution in [3.8, 4) is 11.5 Å². The van der Waals surface area contributed by atoms with Crippen LogP contribution in [0.3, 0.4) is 0 Å². The number of piperidine rings is 1. The lowest BCUT2D eigenvalue weighted by Gasteiger charge is -2.32. The molecule has 0 unspecified atom stereocenters. The van der Waals surface area contributed by atoms with E-state index in [1.165, 1.54) is 23.6 Å². The molecule has 1 saturated heterocycles. The summed E-state index contributed by atoms with van der Waals surface area (Å²) >= 11 is 7.42. The van der Waals surface area contributed by atoms with Gasteiger partial charge < -0.3 is 9.47 Å². The molecule has 2 fully saturated rings. The molecule has 1 amide bonds. The topological polar surface area (TPSA) is 50.8 Å². The van der Waals surface area contributed by atoms with Crippen molar-refractivity contribution in [3.05, 3.63) is 57.9 Å². The number of carbonyl (C=O) groups is 1. The van der Waals surface area contributed by atoms with E-state index in [1.807, 2.05) is 12.1 Å². The second-order valence-electron chi connectivity index (χ2n) is 8.78. The molecule has 1 aliphatic carbocycles. The predicted octanol–water partition coefficient (Wildman–Crippen LogP) is 5.66. The maximum absolute atomic E-state index is 14.6. The average Bonchev–Trinajstić information content (AvgIpc) is 3.64. The third-order valence-corrected chi connectivity index (χ3v) is 7.05. The third-order valence-electron chi connectivity index (χ3n) is 6.36. The molecular weight excluding hydrogens is 463 g/mol. The monoisotopic (exact) mass is 492 g/mol. The molecule has 2 aromatic rings. The summed E-state index contributed by atoms with van der Waals surface area (Å²) < 4.78 is 28.6. The highest BCUT2D eigenvalue weighted by molar-refractivity contribution is 7.97. The van der Waals surface area contributed by atoms with Crippen molar-refractivity contribution in [1.29, 1.82) is 0 Å². The number of likely N-dealkylation sites (tertiary alicyclic amines) is 1. The van der Waals surface area contributed by atoms with E-state index < -0.39 is 11.7 Å². The number of hydrogen-bond donors (Lipinski definition) is 1. The predicted molar refractivity (Wildman–Crippen MR) is 131 cm³/mol. The van der Waals surface area contributed by atoms with Crippen molar-refractivity contribution in [2.45, 2.75) is 38.1 Å². The zero-order chi connectivity index (χ0) is 23.4. The molecule has 0 bridgehead atoms. The Bertz CT molecular complexity index is 994. The smallest absolute Gasteiger partial charge is 0.264 e. The summed E-state index contributed by atoms with van der Waals surface area (Å²) in [5.41, 5.74) is 2.22. The van der Waals surface area contributed by atoms with Crippen molar-refractivity contribution in [1.82, 2.24) is 9.62 Å². The van der Waals surface area contributed by atoms with Crippen LogP contribution in [0.15, 0.2) is 30.3 Å². The van der Waals surface area contributed by atoms with Crippen LogP contribution in [-0.4, -0.2) is 43.9 Å². The lowest BCUT2D eigenvalue weighted by Crippen LogP contribution is -2.35. The first-order valence-electron chi connectivity index (χ1n) is 11.3. The Balaban J connectivity index is 1.32. The highest BCUT2D eigenvalue weighted by atomic mass is 35.5. The van der Waals surface area contributed by atoms with E-state index in [1.54, 1.807) is 19.4 Å². The quantitative estimate of drug-likeness (QED) is 0.457. The lowest BCUT2D eigenvalue weighted by molar-refractivity contribution is 0.0980. The minimum atomic E-state index is -0.533. The minimum Gasteiger partial charge on any atom is -0.495 e. The standard InChI is InChI=1S/C25H30ClFN2O3S/c1-31-23-6-3-17(11-21(23)26)14-29-9-7-16(8-10-29)15-32-24-13-22(27)20(25(30)28-33-2)12-19(24)18-4-5-18/h3,6,11-13,16,18H,4-5,7-10,14-15H2,1-2H3,(H,28,30). The molecule has 8 heteroatoms. The Kier molecular flexibility index (Phi) is 8.04. The molecule has 4 rings (SSSR count). The number of carbonyl (C=O) groups excluding carboxylic acids is 1. The summed E-state index contributed by atoms with van der Waals surface area (Å²) in [5.74, 6) is 1.13. The van der Waals surface area contributed by atoms with E-state index in [4.69, 9.17) is 21.1 Å². The molecule has 0 spiro atoms. The number of methoxy groups -OCH3 is 1. The zero-order valence-electron chi connectivity index (χ0n) is 19.0. The van der Waals surface area contributed by atoms with Gasteiger partial charge in [-0.2, -0.15) is 0 Å². The van der Waals surface area contributed by atoms with Gasteiger partial charge in [-0.15, -0.1) is 0 Å². The number of ether oxygens (including phenoxy) is 2. The van der Waals surface area contributed by atoms with Crippen LogP contribution in [0.1, 0.15) is 53.1 Å². The van der Waals surface area contributed by atoms with Gasteiger partial charge in [-0.25, -0.2) is 4.39 Å². The summed E-state index contributed by atoms with van der Waals surface area (Å²) in [5, 5.41) is 0.633. The van der Waals surface area contributed by atoms with Crippen LogP contribution in [-0.2, 0) is 6.54 Å². The number of rotatable bonds is 9. The Morgan fingerprint density at radius 3 is 2.58 bits per heavy atom. The van der Waals surface area contributed by atoms with Crippen LogP contribution in [0.5, 0.6) is 11.5 Å². The SMILES string of the molecule is COc1ccc(CN2CCC(COc3cc(F)c(C(=O)NSC)cc3C3CC3)CC2)cc1Cl. The molecule has 0 atom stereocenters. The van der Waals surface area contributed by atoms with Crippen molar-refractivity contribution in [2.24, 2.45) is 5.92 Å². The summed E-state index contributed by atoms with van der Waals surface area (Å²) in [6.07, 6.45) is 5.91. The normalized spacial score (nSPS) is 17.1. The fraction of sp³-hybridized carbons (Fsp3) is 0.480. The molecule has 178 valence electrons. The molecule has 5 nitrogen and oxygen atoms in total. The van der Waals surface area contributed by atoms with Crippen molar-refractivity contribution >= 4 is 29.5 Å². The van der Waals surface area contributed by atoms with Gasteiger partial charge in [0.05, 0.1) is 24.3 Å². The Labute approximate surface area is 204 Å². The number of nitrogens with zero attached hydrogens (tertiary/aromatic N) is 1. The van der Waals surface area contributed by atoms with Crippen LogP contribution in [0.2, 0.25) is 5.02 Å². The van der Waals surface area contributed by atoms with Crippen molar-refractivity contribution in [3.63, 3.8) is 0 Å². The summed E-state index contributed by atoms with van der Waals surface area (Å²) in [6.45, 7) is 3.39. The molecule has 2 aliphatic rings. The molecule has 33 heavy (non-hydrogen) atoms. The first-order chi connectivity index (χ1) is 16.0. The zero-order valence-corrected chi connectivity index (χ0v) is 20.6. The third kappa shape index (κ3) is 6.14. The number of benzene rings is 2. The summed E-state index contributed by atoms with van der Waals surface area (Å²) in [7, 11) is 1.62. The second-order valence-corrected chi connectivity index (χ2v) is 9.80. The van der Waals surface area contributed by atoms with E-state index in [0.29, 0.717) is 35.0 Å². The first kappa shape index (κ1) is 24.2. The highest BCUT2D eigenvalue weighted by Gasteiger charge is 2.30. The number of amides is 1. The summed E-state index contributed by atoms with van der Waals surface area (Å²) in [6, 6.07) is 9.00. The minimum absolute atomic E-state index is 0.0885. The van der Waals surface area contributed by atoms with Gasteiger partial charge in [-0.1, -0.05) is 29.6 Å². The van der Waals surface area contributed by atoms with Gasteiger partial charge in [-0.05, 0) is 79.9 Å². The second kappa shape index (κ2) is 11.0. The van der Waals surface area contributed by atoms with Gasteiger partial charge in [0.1, 0.15) is 17.3 Å². The van der Waals surface area contributed by atoms with Crippen LogP contribution in [0.25, 0.3) is 0 Å². The molecule has 1 aliphatic heterocycles. The molecular formula is C25H30ClFN2O3S. The number of nitrogens with one attached hydrogen (secondary N) is 1. The van der Waals surface area contributed by atoms with Gasteiger partial charge in [0.15, 0.2) is 0 Å². The van der Waals surface area contributed by atoms with Crippen LogP contribution in [0.4, 0.5) is 4.39 Å². The number of hydrogen-bond acceptors (Lipinski definition) is 5. The van der Waals surface area contributed by atoms with E-state index >= 15 is 0 Å². The van der Waals surface area contributed by atoms with Gasteiger partial charge in [0.25, 0.3) is 5.91 Å². The van der Waals surface area contributed by atoms with Crippen molar-refractivity contribution in [2.75, 3.05) is 33.1 Å². The van der Waals surface area contributed by atoms with Gasteiger partial charge in [0, 0.05) is 18.9 Å². The fourth-order valence-electron chi connectivity index (χ4n) is 4.32. The Hall–Kier alpha value is -1.96. The Morgan fingerprint density at radius 1 is 1.18 bits per heavy atom. The van der Waals surface area contributed by atoms with Gasteiger partial charge >= 0.3 is 0 Å². The van der Waals surface area contributed by atoms with E-state index in [-0.39, 0.29) is 5.56 Å². The lowest BCUT2D eigenvalue weighted by atomic mass is 9.97. The highest BCUT2D eigenvalue weighted by Crippen LogP contribution is 2.45.